The fourth-order valence-electron chi connectivity index (χ4n) is 1.63. The SMILES string of the molecule is C=C(CNC(C)(C)C)Cn1c(C)nc(C)cc1=O. The summed E-state index contributed by atoms with van der Waals surface area (Å²) in [5, 5.41) is 3.36. The van der Waals surface area contributed by atoms with Gasteiger partial charge in [-0.2, -0.15) is 0 Å². The third kappa shape index (κ3) is 4.45. The van der Waals surface area contributed by atoms with Gasteiger partial charge in [0, 0.05) is 30.4 Å². The van der Waals surface area contributed by atoms with Gasteiger partial charge in [0.2, 0.25) is 0 Å². The van der Waals surface area contributed by atoms with Crippen molar-refractivity contribution in [3.63, 3.8) is 0 Å². The summed E-state index contributed by atoms with van der Waals surface area (Å²) in [6, 6.07) is 1.55. The molecule has 0 aliphatic heterocycles. The molecule has 0 aromatic carbocycles. The van der Waals surface area contributed by atoms with Gasteiger partial charge in [-0.05, 0) is 40.2 Å². The highest BCUT2D eigenvalue weighted by molar-refractivity contribution is 5.06. The van der Waals surface area contributed by atoms with E-state index in [1.165, 1.54) is 0 Å². The second kappa shape index (κ2) is 5.48. The van der Waals surface area contributed by atoms with Crippen LogP contribution in [0.1, 0.15) is 32.3 Å². The Kier molecular flexibility index (Phi) is 4.46. The summed E-state index contributed by atoms with van der Waals surface area (Å²) in [7, 11) is 0. The number of hydrogen-bond acceptors (Lipinski definition) is 3. The molecule has 18 heavy (non-hydrogen) atoms. The van der Waals surface area contributed by atoms with Crippen molar-refractivity contribution in [2.45, 2.75) is 46.7 Å². The van der Waals surface area contributed by atoms with Gasteiger partial charge in [0.15, 0.2) is 0 Å². The maximum absolute atomic E-state index is 11.9. The van der Waals surface area contributed by atoms with Crippen molar-refractivity contribution in [2.75, 3.05) is 6.54 Å². The molecule has 0 spiro atoms. The van der Waals surface area contributed by atoms with Gasteiger partial charge in [0.1, 0.15) is 5.82 Å². The van der Waals surface area contributed by atoms with Crippen molar-refractivity contribution < 1.29 is 0 Å². The monoisotopic (exact) mass is 249 g/mol. The highest BCUT2D eigenvalue weighted by Crippen LogP contribution is 2.02. The topological polar surface area (TPSA) is 46.9 Å². The lowest BCUT2D eigenvalue weighted by Gasteiger charge is -2.21. The summed E-state index contributed by atoms with van der Waals surface area (Å²) in [6.07, 6.45) is 0. The lowest BCUT2D eigenvalue weighted by atomic mass is 10.1. The van der Waals surface area contributed by atoms with E-state index < -0.39 is 0 Å². The Morgan fingerprint density at radius 3 is 2.56 bits per heavy atom. The molecule has 1 heterocycles. The van der Waals surface area contributed by atoms with Crippen molar-refractivity contribution in [3.05, 3.63) is 40.1 Å². The average molecular weight is 249 g/mol. The van der Waals surface area contributed by atoms with Crippen molar-refractivity contribution >= 4 is 0 Å². The third-order valence-corrected chi connectivity index (χ3v) is 2.58. The molecule has 0 amide bonds. The zero-order chi connectivity index (χ0) is 13.9. The predicted octanol–water partition coefficient (Wildman–Crippen LogP) is 1.80. The van der Waals surface area contributed by atoms with Crippen LogP contribution in [0, 0.1) is 13.8 Å². The van der Waals surface area contributed by atoms with Crippen molar-refractivity contribution in [3.8, 4) is 0 Å². The molecule has 0 saturated heterocycles. The summed E-state index contributed by atoms with van der Waals surface area (Å²) < 4.78 is 1.65. The van der Waals surface area contributed by atoms with E-state index in [1.807, 2.05) is 13.8 Å². The van der Waals surface area contributed by atoms with Crippen LogP contribution < -0.4 is 10.9 Å². The largest absolute Gasteiger partial charge is 0.308 e. The first kappa shape index (κ1) is 14.6. The Morgan fingerprint density at radius 1 is 1.44 bits per heavy atom. The highest BCUT2D eigenvalue weighted by atomic mass is 16.1. The molecular formula is C14H23N3O. The van der Waals surface area contributed by atoms with Crippen molar-refractivity contribution in [1.82, 2.24) is 14.9 Å². The fourth-order valence-corrected chi connectivity index (χ4v) is 1.63. The van der Waals surface area contributed by atoms with E-state index in [-0.39, 0.29) is 11.1 Å². The van der Waals surface area contributed by atoms with Crippen LogP contribution in [0.4, 0.5) is 0 Å². The van der Waals surface area contributed by atoms with Gasteiger partial charge in [0.05, 0.1) is 0 Å². The van der Waals surface area contributed by atoms with Crippen LogP contribution in [0.15, 0.2) is 23.0 Å². The lowest BCUT2D eigenvalue weighted by molar-refractivity contribution is 0.439. The smallest absolute Gasteiger partial charge is 0.254 e. The maximum atomic E-state index is 11.9. The summed E-state index contributed by atoms with van der Waals surface area (Å²) >= 11 is 0. The molecule has 0 atom stereocenters. The van der Waals surface area contributed by atoms with Crippen molar-refractivity contribution in [1.29, 1.82) is 0 Å². The van der Waals surface area contributed by atoms with Gasteiger partial charge >= 0.3 is 0 Å². The van der Waals surface area contributed by atoms with Crippen LogP contribution in [0.5, 0.6) is 0 Å². The standard InChI is InChI=1S/C14H23N3O/c1-10(8-15-14(4,5)6)9-17-12(3)16-11(2)7-13(17)18/h7,15H,1,8-9H2,2-6H3. The molecule has 1 aromatic heterocycles. The molecule has 1 aromatic rings. The van der Waals surface area contributed by atoms with E-state index in [9.17, 15) is 4.79 Å². The first-order valence-corrected chi connectivity index (χ1v) is 6.16. The molecule has 100 valence electrons. The molecule has 0 unspecified atom stereocenters. The van der Waals surface area contributed by atoms with Crippen LogP contribution in [-0.2, 0) is 6.54 Å². The van der Waals surface area contributed by atoms with E-state index in [1.54, 1.807) is 10.6 Å². The Hall–Kier alpha value is -1.42. The molecule has 4 heteroatoms. The summed E-state index contributed by atoms with van der Waals surface area (Å²) in [5.74, 6) is 0.733. The number of nitrogens with zero attached hydrogens (tertiary/aromatic N) is 2. The Bertz CT molecular complexity index is 495. The van der Waals surface area contributed by atoms with Crippen LogP contribution in [0.3, 0.4) is 0 Å². The van der Waals surface area contributed by atoms with Crippen LogP contribution in [0.25, 0.3) is 0 Å². The minimum absolute atomic E-state index is 0.0168. The normalized spacial score (nSPS) is 11.6. The molecular weight excluding hydrogens is 226 g/mol. The predicted molar refractivity (Wildman–Crippen MR) is 74.9 cm³/mol. The Morgan fingerprint density at radius 2 is 2.06 bits per heavy atom. The van der Waals surface area contributed by atoms with E-state index in [4.69, 9.17) is 0 Å². The molecule has 1 N–H and O–H groups in total. The first-order valence-electron chi connectivity index (χ1n) is 6.16. The second-order valence-corrected chi connectivity index (χ2v) is 5.72. The Balaban J connectivity index is 2.74. The van der Waals surface area contributed by atoms with Gasteiger partial charge in [-0.3, -0.25) is 9.36 Å². The van der Waals surface area contributed by atoms with Gasteiger partial charge in [-0.1, -0.05) is 6.58 Å². The third-order valence-electron chi connectivity index (χ3n) is 2.58. The number of hydrogen-bond donors (Lipinski definition) is 1. The van der Waals surface area contributed by atoms with E-state index in [0.29, 0.717) is 13.1 Å². The second-order valence-electron chi connectivity index (χ2n) is 5.72. The molecule has 0 radical (unpaired) electrons. The zero-order valence-corrected chi connectivity index (χ0v) is 12.0. The van der Waals surface area contributed by atoms with E-state index in [2.05, 4.69) is 37.7 Å². The van der Waals surface area contributed by atoms with Gasteiger partial charge in [0.25, 0.3) is 5.56 Å². The fraction of sp³-hybridized carbons (Fsp3) is 0.571. The quantitative estimate of drug-likeness (QED) is 0.828. The van der Waals surface area contributed by atoms with Crippen molar-refractivity contribution in [2.24, 2.45) is 0 Å². The minimum atomic E-state index is -0.0168. The summed E-state index contributed by atoms with van der Waals surface area (Å²) in [6.45, 7) is 15.2. The van der Waals surface area contributed by atoms with Crippen LogP contribution in [0.2, 0.25) is 0 Å². The first-order chi connectivity index (χ1) is 8.19. The van der Waals surface area contributed by atoms with E-state index in [0.717, 1.165) is 17.1 Å². The van der Waals surface area contributed by atoms with Crippen LogP contribution >= 0.6 is 0 Å². The van der Waals surface area contributed by atoms with Gasteiger partial charge in [-0.25, -0.2) is 4.98 Å². The van der Waals surface area contributed by atoms with Crippen LogP contribution in [-0.4, -0.2) is 21.6 Å². The molecule has 1 rings (SSSR count). The highest BCUT2D eigenvalue weighted by Gasteiger charge is 2.10. The molecule has 0 bridgehead atoms. The molecule has 0 fully saturated rings. The number of rotatable bonds is 4. The Labute approximate surface area is 109 Å². The minimum Gasteiger partial charge on any atom is -0.308 e. The van der Waals surface area contributed by atoms with E-state index >= 15 is 0 Å². The summed E-state index contributed by atoms with van der Waals surface area (Å²) in [4.78, 5) is 16.2. The average Bonchev–Trinajstić information content (AvgIpc) is 2.19. The van der Waals surface area contributed by atoms with Gasteiger partial charge in [-0.15, -0.1) is 0 Å². The zero-order valence-electron chi connectivity index (χ0n) is 12.0. The lowest BCUT2D eigenvalue weighted by Crippen LogP contribution is -2.38. The number of aromatic nitrogens is 2. The number of nitrogens with one attached hydrogen (secondary N) is 1. The maximum Gasteiger partial charge on any atom is 0.254 e. The van der Waals surface area contributed by atoms with Gasteiger partial charge < -0.3 is 5.32 Å². The molecule has 4 nitrogen and oxygen atoms in total. The molecule has 0 aliphatic rings. The summed E-state index contributed by atoms with van der Waals surface area (Å²) in [5.41, 5.74) is 1.76. The number of aryl methyl sites for hydroxylation is 2. The molecule has 0 aliphatic carbocycles. The molecule has 0 saturated carbocycles.